The normalized spacial score (nSPS) is 17.0. The first-order valence-corrected chi connectivity index (χ1v) is 8.12. The first kappa shape index (κ1) is 16.4. The van der Waals surface area contributed by atoms with Crippen molar-refractivity contribution in [2.24, 2.45) is 0 Å². The summed E-state index contributed by atoms with van der Waals surface area (Å²) in [5.74, 6) is 0.751. The first-order chi connectivity index (χ1) is 11.6. The quantitative estimate of drug-likeness (QED) is 0.797. The third-order valence-corrected chi connectivity index (χ3v) is 4.07. The number of ether oxygens (including phenoxy) is 1. The van der Waals surface area contributed by atoms with E-state index in [2.05, 4.69) is 10.1 Å². The summed E-state index contributed by atoms with van der Waals surface area (Å²) in [6.07, 6.45) is 4.00. The molecule has 3 heterocycles. The molecule has 0 radical (unpaired) electrons. The maximum Gasteiger partial charge on any atom is 0.224 e. The minimum atomic E-state index is -0.00550. The van der Waals surface area contributed by atoms with Crippen LogP contribution in [0.3, 0.4) is 0 Å². The highest BCUT2D eigenvalue weighted by Gasteiger charge is 2.28. The highest BCUT2D eigenvalue weighted by Crippen LogP contribution is 2.21. The lowest BCUT2D eigenvalue weighted by Gasteiger charge is -2.34. The molecule has 0 spiro atoms. The van der Waals surface area contributed by atoms with E-state index in [0.29, 0.717) is 32.0 Å². The molecule has 0 saturated carbocycles. The molecular formula is C17H23N5O2. The van der Waals surface area contributed by atoms with E-state index in [4.69, 9.17) is 4.74 Å². The molecule has 1 aliphatic heterocycles. The Balaban J connectivity index is 1.66. The molecule has 1 atom stereocenters. The van der Waals surface area contributed by atoms with Crippen LogP contribution in [0.1, 0.15) is 18.2 Å². The number of nitrogens with zero attached hydrogens (tertiary/aromatic N) is 5. The van der Waals surface area contributed by atoms with Crippen LogP contribution in [0.2, 0.25) is 0 Å². The number of fused-ring (bicyclic) bond motifs is 1. The minimum absolute atomic E-state index is 0.00550. The van der Waals surface area contributed by atoms with Crippen LogP contribution in [0.15, 0.2) is 36.7 Å². The number of aromatic nitrogens is 3. The van der Waals surface area contributed by atoms with Gasteiger partial charge in [0, 0.05) is 38.0 Å². The molecule has 0 fully saturated rings. The van der Waals surface area contributed by atoms with Crippen LogP contribution in [0, 0.1) is 0 Å². The van der Waals surface area contributed by atoms with Crippen LogP contribution in [-0.4, -0.2) is 64.3 Å². The van der Waals surface area contributed by atoms with Gasteiger partial charge < -0.3 is 14.5 Å². The van der Waals surface area contributed by atoms with Gasteiger partial charge in [-0.15, -0.1) is 0 Å². The first-order valence-electron chi connectivity index (χ1n) is 8.12. The molecule has 0 aliphatic carbocycles. The molecule has 0 N–H and O–H groups in total. The van der Waals surface area contributed by atoms with Gasteiger partial charge in [-0.2, -0.15) is 5.10 Å². The molecular weight excluding hydrogens is 306 g/mol. The molecule has 7 nitrogen and oxygen atoms in total. The van der Waals surface area contributed by atoms with E-state index in [1.54, 1.807) is 12.4 Å². The van der Waals surface area contributed by atoms with Crippen molar-refractivity contribution in [1.29, 1.82) is 0 Å². The molecule has 2 aromatic heterocycles. The van der Waals surface area contributed by atoms with Gasteiger partial charge in [-0.1, -0.05) is 6.07 Å². The van der Waals surface area contributed by atoms with E-state index in [0.717, 1.165) is 12.2 Å². The summed E-state index contributed by atoms with van der Waals surface area (Å²) in [7, 11) is 3.95. The van der Waals surface area contributed by atoms with Gasteiger partial charge in [0.05, 0.1) is 12.2 Å². The average Bonchev–Trinajstić information content (AvgIpc) is 3.07. The summed E-state index contributed by atoms with van der Waals surface area (Å²) < 4.78 is 7.74. The SMILES string of the molecule is CN(C)CCC(=O)N1Cc2ccnn2C(COc2ccccn2)C1. The van der Waals surface area contributed by atoms with E-state index in [-0.39, 0.29) is 11.9 Å². The molecule has 3 rings (SSSR count). The number of rotatable bonds is 6. The van der Waals surface area contributed by atoms with E-state index < -0.39 is 0 Å². The Bertz CT molecular complexity index is 671. The molecule has 1 unspecified atom stereocenters. The van der Waals surface area contributed by atoms with E-state index in [1.165, 1.54) is 0 Å². The summed E-state index contributed by atoms with van der Waals surface area (Å²) in [4.78, 5) is 20.6. The van der Waals surface area contributed by atoms with Crippen LogP contribution in [0.25, 0.3) is 0 Å². The van der Waals surface area contributed by atoms with Crippen molar-refractivity contribution in [2.75, 3.05) is 33.8 Å². The lowest BCUT2D eigenvalue weighted by molar-refractivity contribution is -0.133. The lowest BCUT2D eigenvalue weighted by atomic mass is 10.2. The third-order valence-electron chi connectivity index (χ3n) is 4.07. The second-order valence-electron chi connectivity index (χ2n) is 6.23. The highest BCUT2D eigenvalue weighted by atomic mass is 16.5. The summed E-state index contributed by atoms with van der Waals surface area (Å²) in [5, 5.41) is 4.39. The maximum atomic E-state index is 12.5. The van der Waals surface area contributed by atoms with Gasteiger partial charge in [0.2, 0.25) is 11.8 Å². The Morgan fingerprint density at radius 3 is 2.96 bits per heavy atom. The average molecular weight is 329 g/mol. The molecule has 128 valence electrons. The fraction of sp³-hybridized carbons (Fsp3) is 0.471. The molecule has 1 amide bonds. The zero-order valence-corrected chi connectivity index (χ0v) is 14.1. The Morgan fingerprint density at radius 1 is 1.33 bits per heavy atom. The Hall–Kier alpha value is -2.41. The fourth-order valence-corrected chi connectivity index (χ4v) is 2.79. The predicted octanol–water partition coefficient (Wildman–Crippen LogP) is 1.19. The number of hydrogen-bond donors (Lipinski definition) is 0. The van der Waals surface area contributed by atoms with Crippen LogP contribution < -0.4 is 4.74 Å². The lowest BCUT2D eigenvalue weighted by Crippen LogP contribution is -2.43. The van der Waals surface area contributed by atoms with Gasteiger partial charge >= 0.3 is 0 Å². The van der Waals surface area contributed by atoms with Crippen LogP contribution in [0.5, 0.6) is 5.88 Å². The number of hydrogen-bond acceptors (Lipinski definition) is 5. The Labute approximate surface area is 141 Å². The van der Waals surface area contributed by atoms with Crippen molar-refractivity contribution < 1.29 is 9.53 Å². The molecule has 24 heavy (non-hydrogen) atoms. The largest absolute Gasteiger partial charge is 0.475 e. The highest BCUT2D eigenvalue weighted by molar-refractivity contribution is 5.76. The number of carbonyl (C=O) groups is 1. The number of amides is 1. The van der Waals surface area contributed by atoms with Crippen LogP contribution in [0.4, 0.5) is 0 Å². The second kappa shape index (κ2) is 7.44. The molecule has 0 bridgehead atoms. The smallest absolute Gasteiger partial charge is 0.224 e. The molecule has 7 heteroatoms. The van der Waals surface area contributed by atoms with Crippen molar-refractivity contribution in [2.45, 2.75) is 19.0 Å². The van der Waals surface area contributed by atoms with Crippen molar-refractivity contribution in [1.82, 2.24) is 24.6 Å². The number of pyridine rings is 1. The van der Waals surface area contributed by atoms with E-state index in [9.17, 15) is 4.79 Å². The minimum Gasteiger partial charge on any atom is -0.475 e. The van der Waals surface area contributed by atoms with Gasteiger partial charge in [-0.3, -0.25) is 9.48 Å². The van der Waals surface area contributed by atoms with E-state index in [1.807, 2.05) is 52.8 Å². The van der Waals surface area contributed by atoms with Crippen LogP contribution in [-0.2, 0) is 11.3 Å². The number of carbonyl (C=O) groups excluding carboxylic acids is 1. The molecule has 2 aromatic rings. The zero-order valence-electron chi connectivity index (χ0n) is 14.1. The zero-order chi connectivity index (χ0) is 16.9. The van der Waals surface area contributed by atoms with E-state index >= 15 is 0 Å². The third kappa shape index (κ3) is 3.91. The van der Waals surface area contributed by atoms with Crippen LogP contribution >= 0.6 is 0 Å². The van der Waals surface area contributed by atoms with Crippen molar-refractivity contribution in [3.63, 3.8) is 0 Å². The van der Waals surface area contributed by atoms with Gasteiger partial charge in [0.15, 0.2) is 0 Å². The maximum absolute atomic E-state index is 12.5. The molecule has 0 saturated heterocycles. The standard InChI is InChI=1S/C17H23N5O2/c1-20(2)10-7-17(23)21-11-14-6-9-19-22(14)15(12-21)13-24-16-5-3-4-8-18-16/h3-6,8-9,15H,7,10-13H2,1-2H3. The Morgan fingerprint density at radius 2 is 2.21 bits per heavy atom. The van der Waals surface area contributed by atoms with Gasteiger partial charge in [-0.25, -0.2) is 4.98 Å². The van der Waals surface area contributed by atoms with Crippen molar-refractivity contribution in [3.05, 3.63) is 42.4 Å². The van der Waals surface area contributed by atoms with Crippen molar-refractivity contribution >= 4 is 5.91 Å². The summed E-state index contributed by atoms with van der Waals surface area (Å²) >= 11 is 0. The topological polar surface area (TPSA) is 63.5 Å². The van der Waals surface area contributed by atoms with Crippen molar-refractivity contribution in [3.8, 4) is 5.88 Å². The fourth-order valence-electron chi connectivity index (χ4n) is 2.79. The molecule has 0 aromatic carbocycles. The van der Waals surface area contributed by atoms with Gasteiger partial charge in [0.1, 0.15) is 12.6 Å². The summed E-state index contributed by atoms with van der Waals surface area (Å²) in [5.41, 5.74) is 1.04. The second-order valence-corrected chi connectivity index (χ2v) is 6.23. The molecule has 1 aliphatic rings. The summed E-state index contributed by atoms with van der Waals surface area (Å²) in [6, 6.07) is 7.52. The monoisotopic (exact) mass is 329 g/mol. The van der Waals surface area contributed by atoms with Gasteiger partial charge in [0.25, 0.3) is 0 Å². The Kier molecular flexibility index (Phi) is 5.10. The van der Waals surface area contributed by atoms with Gasteiger partial charge in [-0.05, 0) is 26.2 Å². The predicted molar refractivity (Wildman–Crippen MR) is 89.6 cm³/mol. The summed E-state index contributed by atoms with van der Waals surface area (Å²) in [6.45, 7) is 2.40.